The van der Waals surface area contributed by atoms with Crippen molar-refractivity contribution in [2.45, 2.75) is 0 Å². The van der Waals surface area contributed by atoms with Crippen molar-refractivity contribution >= 4 is 11.6 Å². The van der Waals surface area contributed by atoms with Crippen LogP contribution in [0.2, 0.25) is 5.02 Å². The van der Waals surface area contributed by atoms with Crippen molar-refractivity contribution < 1.29 is 9.13 Å². The van der Waals surface area contributed by atoms with Gasteiger partial charge in [-0.25, -0.2) is 9.37 Å². The van der Waals surface area contributed by atoms with E-state index in [0.717, 1.165) is 0 Å². The fourth-order valence-corrected chi connectivity index (χ4v) is 1.37. The quantitative estimate of drug-likeness (QED) is 0.817. The number of hydrogen-bond acceptors (Lipinski definition) is 3. The average molecular weight is 249 g/mol. The summed E-state index contributed by atoms with van der Waals surface area (Å²) >= 11 is 5.61. The summed E-state index contributed by atoms with van der Waals surface area (Å²) in [7, 11) is 0. The molecule has 0 fully saturated rings. The van der Waals surface area contributed by atoms with Crippen molar-refractivity contribution in [1.82, 2.24) is 4.98 Å². The van der Waals surface area contributed by atoms with Crippen LogP contribution in [-0.2, 0) is 0 Å². The maximum atomic E-state index is 12.9. The lowest BCUT2D eigenvalue weighted by atomic mass is 10.3. The van der Waals surface area contributed by atoms with Crippen molar-refractivity contribution in [2.75, 3.05) is 0 Å². The molecule has 0 bridgehead atoms. The third-order valence-electron chi connectivity index (χ3n) is 1.95. The predicted molar refractivity (Wildman–Crippen MR) is 60.4 cm³/mol. The van der Waals surface area contributed by atoms with E-state index in [1.54, 1.807) is 18.2 Å². The topological polar surface area (TPSA) is 45.9 Å². The summed E-state index contributed by atoms with van der Waals surface area (Å²) in [6.07, 6.45) is 0. The molecule has 0 atom stereocenters. The van der Waals surface area contributed by atoms with Crippen LogP contribution in [0, 0.1) is 17.1 Å². The van der Waals surface area contributed by atoms with Crippen molar-refractivity contribution in [3.63, 3.8) is 0 Å². The van der Waals surface area contributed by atoms with Crippen LogP contribution < -0.4 is 4.74 Å². The van der Waals surface area contributed by atoms with Crippen molar-refractivity contribution in [1.29, 1.82) is 5.26 Å². The Kier molecular flexibility index (Phi) is 3.22. The van der Waals surface area contributed by atoms with Crippen LogP contribution >= 0.6 is 11.6 Å². The van der Waals surface area contributed by atoms with E-state index in [1.807, 2.05) is 6.07 Å². The zero-order valence-electron chi connectivity index (χ0n) is 8.52. The Hall–Kier alpha value is -2.12. The number of pyridine rings is 1. The minimum absolute atomic E-state index is 0.0288. The van der Waals surface area contributed by atoms with Gasteiger partial charge in [-0.2, -0.15) is 5.26 Å². The second-order valence-corrected chi connectivity index (χ2v) is 3.56. The van der Waals surface area contributed by atoms with E-state index >= 15 is 0 Å². The first-order chi connectivity index (χ1) is 8.19. The number of benzene rings is 1. The lowest BCUT2D eigenvalue weighted by Gasteiger charge is -2.05. The van der Waals surface area contributed by atoms with E-state index in [1.165, 1.54) is 18.2 Å². The Morgan fingerprint density at radius 2 is 2.12 bits per heavy atom. The third kappa shape index (κ3) is 2.71. The molecule has 5 heteroatoms. The molecule has 0 saturated heterocycles. The van der Waals surface area contributed by atoms with Gasteiger partial charge in [0.25, 0.3) is 0 Å². The van der Waals surface area contributed by atoms with Crippen LogP contribution in [0.3, 0.4) is 0 Å². The lowest BCUT2D eigenvalue weighted by Crippen LogP contribution is -1.90. The molecule has 0 unspecified atom stereocenters. The van der Waals surface area contributed by atoms with Crippen LogP contribution in [0.15, 0.2) is 36.4 Å². The van der Waals surface area contributed by atoms with Crippen molar-refractivity contribution in [3.05, 3.63) is 52.9 Å². The van der Waals surface area contributed by atoms with E-state index in [-0.39, 0.29) is 16.6 Å². The molecule has 17 heavy (non-hydrogen) atoms. The van der Waals surface area contributed by atoms with E-state index < -0.39 is 5.82 Å². The van der Waals surface area contributed by atoms with E-state index in [9.17, 15) is 4.39 Å². The summed E-state index contributed by atoms with van der Waals surface area (Å²) in [4.78, 5) is 3.92. The molecular formula is C12H6ClFN2O. The molecule has 1 aromatic carbocycles. The van der Waals surface area contributed by atoms with Crippen LogP contribution in [0.25, 0.3) is 0 Å². The Morgan fingerprint density at radius 1 is 1.29 bits per heavy atom. The van der Waals surface area contributed by atoms with Gasteiger partial charge < -0.3 is 4.74 Å². The summed E-state index contributed by atoms with van der Waals surface area (Å²) < 4.78 is 18.3. The molecule has 3 nitrogen and oxygen atoms in total. The van der Waals surface area contributed by atoms with Gasteiger partial charge in [0.2, 0.25) is 5.88 Å². The normalized spacial score (nSPS) is 9.71. The highest BCUT2D eigenvalue weighted by atomic mass is 35.5. The van der Waals surface area contributed by atoms with Gasteiger partial charge in [0.1, 0.15) is 23.3 Å². The zero-order valence-corrected chi connectivity index (χ0v) is 9.28. The summed E-state index contributed by atoms with van der Waals surface area (Å²) in [6.45, 7) is 0. The SMILES string of the molecule is N#Cc1cccc(Oc2ccc(F)c(Cl)c2)n1. The monoisotopic (exact) mass is 248 g/mol. The minimum Gasteiger partial charge on any atom is -0.439 e. The van der Waals surface area contributed by atoms with E-state index in [2.05, 4.69) is 4.98 Å². The first-order valence-corrected chi connectivity index (χ1v) is 5.07. The molecule has 0 saturated carbocycles. The molecule has 1 heterocycles. The maximum Gasteiger partial charge on any atom is 0.220 e. The Morgan fingerprint density at radius 3 is 2.82 bits per heavy atom. The maximum absolute atomic E-state index is 12.9. The van der Waals surface area contributed by atoms with Gasteiger partial charge in [-0.1, -0.05) is 17.7 Å². The van der Waals surface area contributed by atoms with E-state index in [4.69, 9.17) is 21.6 Å². The number of rotatable bonds is 2. The number of halogens is 2. The van der Waals surface area contributed by atoms with Gasteiger partial charge in [0.05, 0.1) is 5.02 Å². The zero-order chi connectivity index (χ0) is 12.3. The fraction of sp³-hybridized carbons (Fsp3) is 0. The Balaban J connectivity index is 2.25. The van der Waals surface area contributed by atoms with Crippen LogP contribution in [0.4, 0.5) is 4.39 Å². The molecule has 0 N–H and O–H groups in total. The predicted octanol–water partition coefficient (Wildman–Crippen LogP) is 3.54. The highest BCUT2D eigenvalue weighted by Gasteiger charge is 2.04. The van der Waals surface area contributed by atoms with Crippen LogP contribution in [0.5, 0.6) is 11.6 Å². The van der Waals surface area contributed by atoms with Gasteiger partial charge in [0, 0.05) is 12.1 Å². The fourth-order valence-electron chi connectivity index (χ4n) is 1.20. The van der Waals surface area contributed by atoms with Crippen LogP contribution in [-0.4, -0.2) is 4.98 Å². The van der Waals surface area contributed by atoms with Crippen molar-refractivity contribution in [3.8, 4) is 17.7 Å². The largest absolute Gasteiger partial charge is 0.439 e. The molecular weight excluding hydrogens is 243 g/mol. The molecule has 1 aromatic heterocycles. The summed E-state index contributed by atoms with van der Waals surface area (Å²) in [5.74, 6) is 0.100. The molecule has 0 aliphatic heterocycles. The summed E-state index contributed by atoms with van der Waals surface area (Å²) in [5.41, 5.74) is 0.246. The minimum atomic E-state index is -0.516. The molecule has 2 rings (SSSR count). The number of hydrogen-bond donors (Lipinski definition) is 0. The molecule has 84 valence electrons. The smallest absolute Gasteiger partial charge is 0.220 e. The lowest BCUT2D eigenvalue weighted by molar-refractivity contribution is 0.461. The summed E-state index contributed by atoms with van der Waals surface area (Å²) in [6, 6.07) is 10.7. The second kappa shape index (κ2) is 4.81. The van der Waals surface area contributed by atoms with Gasteiger partial charge >= 0.3 is 0 Å². The van der Waals surface area contributed by atoms with Gasteiger partial charge in [-0.15, -0.1) is 0 Å². The molecule has 0 aliphatic carbocycles. The van der Waals surface area contributed by atoms with Crippen molar-refractivity contribution in [2.24, 2.45) is 0 Å². The second-order valence-electron chi connectivity index (χ2n) is 3.15. The number of aromatic nitrogens is 1. The van der Waals surface area contributed by atoms with Crippen LogP contribution in [0.1, 0.15) is 5.69 Å². The van der Waals surface area contributed by atoms with Gasteiger partial charge in [0.15, 0.2) is 0 Å². The Labute approximate surface area is 102 Å². The first-order valence-electron chi connectivity index (χ1n) is 4.69. The van der Waals surface area contributed by atoms with E-state index in [0.29, 0.717) is 5.75 Å². The first kappa shape index (κ1) is 11.4. The molecule has 0 spiro atoms. The molecule has 0 aliphatic rings. The molecule has 0 amide bonds. The average Bonchev–Trinajstić information content (AvgIpc) is 2.34. The highest BCUT2D eigenvalue weighted by Crippen LogP contribution is 2.24. The number of nitrogens with zero attached hydrogens (tertiary/aromatic N) is 2. The molecule has 0 radical (unpaired) electrons. The molecule has 2 aromatic rings. The van der Waals surface area contributed by atoms with Gasteiger partial charge in [-0.05, 0) is 18.2 Å². The number of ether oxygens (including phenoxy) is 1. The Bertz CT molecular complexity index is 595. The van der Waals surface area contributed by atoms with Gasteiger partial charge in [-0.3, -0.25) is 0 Å². The highest BCUT2D eigenvalue weighted by molar-refractivity contribution is 6.30. The number of nitriles is 1. The summed E-state index contributed by atoms with van der Waals surface area (Å²) in [5, 5.41) is 8.64. The third-order valence-corrected chi connectivity index (χ3v) is 2.24. The standard InChI is InChI=1S/C12H6ClFN2O/c13-10-6-9(4-5-11(10)14)17-12-3-1-2-8(7-15)16-12/h1-6H.